The van der Waals surface area contributed by atoms with Crippen LogP contribution in [0.3, 0.4) is 0 Å². The molecule has 0 radical (unpaired) electrons. The van der Waals surface area contributed by atoms with Gasteiger partial charge < -0.3 is 14.9 Å². The zero-order valence-electron chi connectivity index (χ0n) is 16.6. The molecular formula is C24H18N4O3. The van der Waals surface area contributed by atoms with E-state index in [1.54, 1.807) is 48.1 Å². The second-order valence-electron chi connectivity index (χ2n) is 7.26. The molecular weight excluding hydrogens is 392 g/mol. The topological polar surface area (TPSA) is 88.9 Å². The third-order valence-corrected chi connectivity index (χ3v) is 5.32. The van der Waals surface area contributed by atoms with Crippen molar-refractivity contribution in [2.75, 3.05) is 5.32 Å². The van der Waals surface area contributed by atoms with Crippen molar-refractivity contribution in [3.05, 3.63) is 105 Å². The molecule has 0 spiro atoms. The third-order valence-electron chi connectivity index (χ3n) is 5.32. The number of aromatic nitrogens is 3. The number of benzene rings is 3. The number of amides is 1. The molecule has 0 saturated carbocycles. The summed E-state index contributed by atoms with van der Waals surface area (Å²) >= 11 is 0. The smallest absolute Gasteiger partial charge is 0.333 e. The number of carbonyl (C=O) groups is 1. The van der Waals surface area contributed by atoms with Gasteiger partial charge in [0.2, 0.25) is 0 Å². The summed E-state index contributed by atoms with van der Waals surface area (Å²) in [5, 5.41) is 4.81. The lowest BCUT2D eigenvalue weighted by Gasteiger charge is -2.08. The van der Waals surface area contributed by atoms with Gasteiger partial charge in [0.15, 0.2) is 0 Å². The second kappa shape index (κ2) is 7.14. The Hall–Kier alpha value is -4.39. The van der Waals surface area contributed by atoms with Crippen LogP contribution in [0.25, 0.3) is 27.5 Å². The monoisotopic (exact) mass is 410 g/mol. The maximum atomic E-state index is 13.1. The number of rotatable bonds is 3. The minimum Gasteiger partial charge on any atom is -0.344 e. The molecule has 5 rings (SSSR count). The molecule has 7 nitrogen and oxygen atoms in total. The summed E-state index contributed by atoms with van der Waals surface area (Å²) in [4.78, 5) is 41.7. The molecule has 0 bridgehead atoms. The van der Waals surface area contributed by atoms with E-state index >= 15 is 0 Å². The van der Waals surface area contributed by atoms with Gasteiger partial charge in [0.1, 0.15) is 5.52 Å². The molecule has 5 aromatic rings. The Balaban J connectivity index is 1.64. The number of hydrogen-bond donors (Lipinski definition) is 2. The Morgan fingerprint density at radius 1 is 0.903 bits per heavy atom. The number of H-pyrrole nitrogens is 1. The van der Waals surface area contributed by atoms with E-state index in [-0.39, 0.29) is 16.6 Å². The maximum absolute atomic E-state index is 13.1. The number of fused-ring (bicyclic) bond motifs is 2. The highest BCUT2D eigenvalue weighted by atomic mass is 16.2. The lowest BCUT2D eigenvalue weighted by molar-refractivity contribution is 0.102. The van der Waals surface area contributed by atoms with Crippen LogP contribution in [0, 0.1) is 0 Å². The minimum absolute atomic E-state index is 0.211. The maximum Gasteiger partial charge on any atom is 0.333 e. The largest absolute Gasteiger partial charge is 0.344 e. The van der Waals surface area contributed by atoms with E-state index in [0.717, 1.165) is 15.3 Å². The molecule has 152 valence electrons. The van der Waals surface area contributed by atoms with Gasteiger partial charge in [-0.25, -0.2) is 9.36 Å². The van der Waals surface area contributed by atoms with Crippen LogP contribution in [0.2, 0.25) is 0 Å². The van der Waals surface area contributed by atoms with Crippen molar-refractivity contribution in [2.45, 2.75) is 0 Å². The molecule has 2 heterocycles. The van der Waals surface area contributed by atoms with Gasteiger partial charge in [-0.1, -0.05) is 54.6 Å². The van der Waals surface area contributed by atoms with E-state index in [1.165, 1.54) is 0 Å². The number of aryl methyl sites for hydroxylation is 1. The van der Waals surface area contributed by atoms with Crippen LogP contribution in [-0.2, 0) is 7.05 Å². The number of nitrogens with one attached hydrogen (secondary N) is 2. The van der Waals surface area contributed by atoms with E-state index in [4.69, 9.17) is 0 Å². The number of carbonyl (C=O) groups excluding carboxylic acids is 1. The first-order valence-electron chi connectivity index (χ1n) is 9.73. The number of nitrogens with zero attached hydrogens (tertiary/aromatic N) is 2. The van der Waals surface area contributed by atoms with Gasteiger partial charge in [-0.3, -0.25) is 9.59 Å². The molecule has 2 aromatic heterocycles. The molecule has 0 unspecified atom stereocenters. The predicted octanol–water partition coefficient (Wildman–Crippen LogP) is 3.42. The molecule has 0 fully saturated rings. The summed E-state index contributed by atoms with van der Waals surface area (Å²) in [6, 6.07) is 22.0. The zero-order valence-corrected chi connectivity index (χ0v) is 16.6. The van der Waals surface area contributed by atoms with Gasteiger partial charge in [-0.05, 0) is 23.6 Å². The standard InChI is InChI=1S/C24H18N4O3/c1-27-14-18(22(29)25-19-13-7-9-15-8-5-6-12-17(15)19)20-21(27)23(30)28(24(31)26-20)16-10-3-2-4-11-16/h2-14H,1H3,(H,25,29)(H,26,31). The highest BCUT2D eigenvalue weighted by Gasteiger charge is 2.20. The summed E-state index contributed by atoms with van der Waals surface area (Å²) in [5.41, 5.74) is 0.693. The molecule has 1 amide bonds. The molecule has 0 aliphatic carbocycles. The lowest BCUT2D eigenvalue weighted by atomic mass is 10.1. The van der Waals surface area contributed by atoms with Gasteiger partial charge in [0.05, 0.1) is 16.8 Å². The van der Waals surface area contributed by atoms with Crippen molar-refractivity contribution in [1.82, 2.24) is 14.1 Å². The summed E-state index contributed by atoms with van der Waals surface area (Å²) < 4.78 is 2.62. The average Bonchev–Trinajstić information content (AvgIpc) is 3.11. The highest BCUT2D eigenvalue weighted by Crippen LogP contribution is 2.24. The van der Waals surface area contributed by atoms with Crippen LogP contribution in [0.4, 0.5) is 5.69 Å². The SMILES string of the molecule is Cn1cc(C(=O)Nc2cccc3ccccc23)c2[nH]c(=O)n(-c3ccccc3)c(=O)c21. The Morgan fingerprint density at radius 3 is 2.42 bits per heavy atom. The van der Waals surface area contributed by atoms with Crippen molar-refractivity contribution in [3.8, 4) is 5.69 Å². The molecule has 3 aromatic carbocycles. The van der Waals surface area contributed by atoms with Gasteiger partial charge >= 0.3 is 5.69 Å². The summed E-state index contributed by atoms with van der Waals surface area (Å²) in [6.07, 6.45) is 1.55. The number of anilines is 1. The first kappa shape index (κ1) is 18.6. The van der Waals surface area contributed by atoms with Crippen molar-refractivity contribution in [3.63, 3.8) is 0 Å². The van der Waals surface area contributed by atoms with Gasteiger partial charge in [0, 0.05) is 24.3 Å². The Morgan fingerprint density at radius 2 is 1.61 bits per heavy atom. The van der Waals surface area contributed by atoms with Crippen LogP contribution in [0.1, 0.15) is 10.4 Å². The van der Waals surface area contributed by atoms with Crippen LogP contribution < -0.4 is 16.6 Å². The van der Waals surface area contributed by atoms with Gasteiger partial charge in [-0.2, -0.15) is 0 Å². The molecule has 0 atom stereocenters. The quantitative estimate of drug-likeness (QED) is 0.478. The Bertz CT molecular complexity index is 1570. The Kier molecular flexibility index (Phi) is 4.29. The van der Waals surface area contributed by atoms with E-state index in [1.807, 2.05) is 42.5 Å². The van der Waals surface area contributed by atoms with Crippen molar-refractivity contribution in [2.24, 2.45) is 7.05 Å². The molecule has 0 aliphatic heterocycles. The van der Waals surface area contributed by atoms with Crippen molar-refractivity contribution < 1.29 is 4.79 Å². The lowest BCUT2D eigenvalue weighted by Crippen LogP contribution is -2.34. The average molecular weight is 410 g/mol. The first-order valence-corrected chi connectivity index (χ1v) is 9.73. The predicted molar refractivity (Wildman–Crippen MR) is 121 cm³/mol. The number of para-hydroxylation sites is 1. The molecule has 31 heavy (non-hydrogen) atoms. The van der Waals surface area contributed by atoms with E-state index in [2.05, 4.69) is 10.3 Å². The van der Waals surface area contributed by atoms with E-state index in [9.17, 15) is 14.4 Å². The van der Waals surface area contributed by atoms with E-state index in [0.29, 0.717) is 11.4 Å². The zero-order chi connectivity index (χ0) is 21.5. The summed E-state index contributed by atoms with van der Waals surface area (Å²) in [7, 11) is 1.67. The third kappa shape index (κ3) is 3.03. The number of aromatic amines is 1. The van der Waals surface area contributed by atoms with Crippen LogP contribution in [-0.4, -0.2) is 20.0 Å². The summed E-state index contributed by atoms with van der Waals surface area (Å²) in [5.74, 6) is -0.408. The fraction of sp³-hybridized carbons (Fsp3) is 0.0417. The second-order valence-corrected chi connectivity index (χ2v) is 7.26. The summed E-state index contributed by atoms with van der Waals surface area (Å²) in [6.45, 7) is 0. The fourth-order valence-electron chi connectivity index (χ4n) is 3.88. The first-order chi connectivity index (χ1) is 15.0. The Labute approximate surface area is 176 Å². The fourth-order valence-corrected chi connectivity index (χ4v) is 3.88. The van der Waals surface area contributed by atoms with Crippen LogP contribution in [0.15, 0.2) is 88.6 Å². The van der Waals surface area contributed by atoms with E-state index < -0.39 is 17.2 Å². The normalized spacial score (nSPS) is 11.1. The molecule has 7 heteroatoms. The highest BCUT2D eigenvalue weighted by molar-refractivity contribution is 6.14. The van der Waals surface area contributed by atoms with Crippen LogP contribution >= 0.6 is 0 Å². The molecule has 0 aliphatic rings. The van der Waals surface area contributed by atoms with Gasteiger partial charge in [-0.15, -0.1) is 0 Å². The minimum atomic E-state index is -0.603. The van der Waals surface area contributed by atoms with Gasteiger partial charge in [0.25, 0.3) is 11.5 Å². The van der Waals surface area contributed by atoms with Crippen molar-refractivity contribution in [1.29, 1.82) is 0 Å². The number of hydrogen-bond acceptors (Lipinski definition) is 3. The molecule has 2 N–H and O–H groups in total. The van der Waals surface area contributed by atoms with Crippen LogP contribution in [0.5, 0.6) is 0 Å². The molecule has 0 saturated heterocycles. The van der Waals surface area contributed by atoms with Crippen molar-refractivity contribution >= 4 is 33.4 Å².